The third-order valence-corrected chi connectivity index (χ3v) is 14.0. The molecular formula is C96H99N3O33. The van der Waals surface area contributed by atoms with Crippen LogP contribution in [0.5, 0.6) is 92.0 Å². The minimum Gasteiger partial charge on any atom is -0.508 e. The van der Waals surface area contributed by atoms with E-state index < -0.39 is 73.0 Å². The molecular weight excluding hydrogens is 1720 g/mol. The van der Waals surface area contributed by atoms with E-state index in [-0.39, 0.29) is 120 Å². The molecule has 0 heterocycles. The van der Waals surface area contributed by atoms with Gasteiger partial charge in [-0.2, -0.15) is 0 Å². The van der Waals surface area contributed by atoms with Crippen LogP contribution in [0.2, 0.25) is 0 Å². The summed E-state index contributed by atoms with van der Waals surface area (Å²) < 4.78 is 57.9. The van der Waals surface area contributed by atoms with Crippen LogP contribution in [0, 0.1) is 0 Å². The summed E-state index contributed by atoms with van der Waals surface area (Å²) in [4.78, 5) is 131. The molecule has 9 rings (SSSR count). The smallest absolute Gasteiger partial charge is 0.412 e. The van der Waals surface area contributed by atoms with E-state index in [1.807, 2.05) is 0 Å². The van der Waals surface area contributed by atoms with E-state index in [4.69, 9.17) is 88.6 Å². The summed E-state index contributed by atoms with van der Waals surface area (Å²) in [7, 11) is 0. The van der Waals surface area contributed by atoms with Crippen LogP contribution in [0.3, 0.4) is 0 Å². The van der Waals surface area contributed by atoms with Crippen LogP contribution in [0.15, 0.2) is 330 Å². The molecule has 0 aliphatic heterocycles. The maximum Gasteiger partial charge on any atom is 0.412 e. The van der Waals surface area contributed by atoms with Crippen molar-refractivity contribution in [2.75, 3.05) is 63.4 Å². The topological polar surface area (TPSA) is 534 Å². The molecule has 0 radical (unpaired) electrons. The van der Waals surface area contributed by atoms with Gasteiger partial charge in [-0.25, -0.2) is 47.9 Å². The van der Waals surface area contributed by atoms with Gasteiger partial charge in [0.2, 0.25) is 5.91 Å². The highest BCUT2D eigenvalue weighted by molar-refractivity contribution is 6.03. The summed E-state index contributed by atoms with van der Waals surface area (Å²) in [5.74, 6) is -1.62. The molecule has 9 aromatic rings. The number of hydrogen-bond donors (Lipinski definition) is 12. The lowest BCUT2D eigenvalue weighted by atomic mass is 10.2. The average Bonchev–Trinajstić information content (AvgIpc) is 0.694. The van der Waals surface area contributed by atoms with Gasteiger partial charge in [-0.15, -0.1) is 0 Å². The van der Waals surface area contributed by atoms with Gasteiger partial charge in [0.05, 0.1) is 6.54 Å². The number of phenolic OH excluding ortho intramolecular Hbond substituents is 9. The van der Waals surface area contributed by atoms with Crippen LogP contribution in [-0.2, 0) is 76.4 Å². The molecule has 696 valence electrons. The van der Waals surface area contributed by atoms with E-state index in [2.05, 4.69) is 89.4 Å². The molecule has 0 atom stereocenters. The van der Waals surface area contributed by atoms with Gasteiger partial charge < -0.3 is 119 Å². The van der Waals surface area contributed by atoms with E-state index >= 15 is 0 Å². The Hall–Kier alpha value is -18.1. The summed E-state index contributed by atoms with van der Waals surface area (Å²) in [5, 5.41) is 88.3. The predicted octanol–water partition coefficient (Wildman–Crippen LogP) is 13.8. The summed E-state index contributed by atoms with van der Waals surface area (Å²) >= 11 is 0. The first-order chi connectivity index (χ1) is 62.6. The molecule has 12 N–H and O–H groups in total. The molecule has 0 saturated carbocycles. The van der Waals surface area contributed by atoms with Gasteiger partial charge >= 0.3 is 59.8 Å². The van der Waals surface area contributed by atoms with Gasteiger partial charge in [-0.05, 0) is 252 Å². The van der Waals surface area contributed by atoms with Crippen LogP contribution >= 0.6 is 0 Å². The van der Waals surface area contributed by atoms with Crippen molar-refractivity contribution in [2.24, 2.45) is 0 Å². The lowest BCUT2D eigenvalue weighted by Crippen LogP contribution is -2.30. The van der Waals surface area contributed by atoms with Gasteiger partial charge in [0.15, 0.2) is 13.2 Å². The summed E-state index contributed by atoms with van der Waals surface area (Å²) in [6.07, 6.45) is 4.68. The van der Waals surface area contributed by atoms with Crippen molar-refractivity contribution < 1.29 is 160 Å². The van der Waals surface area contributed by atoms with Crippen molar-refractivity contribution in [1.82, 2.24) is 5.32 Å². The molecule has 0 fully saturated rings. The standard InChI is InChI=1S/C12H13NO5.C12H12O5.C12H14O4.C11H10O5.C11H12O4.C10H11NO2.C10H10O3.C9H9NO2.C9H8O3/c1-2-11(15)17-8-7-13-12(16)18-10-5-3-9(14)4-6-10;1-8(2)12(15)16-7-11(14)17-10-5-3-9(13)4-6-10;1-9(2)12(14)16-8-7-15-11-5-3-10(13)4-6-11;1-2-10(13)15-7-11(14)16-9-5-3-8(12)4-6-9;1-2-11(13)15-8-7-14-10-5-3-9(12)4-6-10;1-7(2)10(13)11-8-3-5-9(12)6-4-8;1-7(2)10(12)13-9-5-3-8(11)4-6-9;1-2-9(12)10-7-3-5-8(11)6-4-7;1-2-9(11)12-8-5-3-7(10)4-6-8/h2-6,14H,1,7-8H2,(H,13,16);3-6,13H,1,7H2,2H3;3-6,13H,1,7-8H2,2H3;2-6,12H,1,7H2;2-6,12H,1,7-8H2;3-6,12H,1H2,2H3,(H,11,13);3-6,11H,1H2,2H3;2-6,11H,1H2,(H,10,12);2-6,10H,1H2. The van der Waals surface area contributed by atoms with Crippen molar-refractivity contribution >= 4 is 83.0 Å². The minimum absolute atomic E-state index is 0.0372. The Labute approximate surface area is 758 Å². The number of hydrogen-bond acceptors (Lipinski definition) is 33. The fraction of sp³-hybridized carbons (Fsp3) is 0.125. The molecule has 0 aliphatic carbocycles. The van der Waals surface area contributed by atoms with Crippen molar-refractivity contribution in [2.45, 2.75) is 27.7 Å². The monoisotopic (exact) mass is 1820 g/mol. The summed E-state index contributed by atoms with van der Waals surface area (Å²) in [6, 6.07) is 53.7. The van der Waals surface area contributed by atoms with Gasteiger partial charge in [0, 0.05) is 58.0 Å². The number of aromatic hydroxyl groups is 9. The molecule has 0 saturated heterocycles. The number of carbonyl (C=O) groups excluding carboxylic acids is 12. The van der Waals surface area contributed by atoms with Crippen molar-refractivity contribution in [3.05, 3.63) is 330 Å². The number of amides is 3. The highest BCUT2D eigenvalue weighted by Gasteiger charge is 2.13. The third-order valence-electron chi connectivity index (χ3n) is 14.0. The Bertz CT molecular complexity index is 5140. The Morgan fingerprint density at radius 2 is 0.545 bits per heavy atom. The highest BCUT2D eigenvalue weighted by atomic mass is 16.6. The normalized spacial score (nSPS) is 9.30. The van der Waals surface area contributed by atoms with Crippen molar-refractivity contribution in [3.8, 4) is 92.0 Å². The highest BCUT2D eigenvalue weighted by Crippen LogP contribution is 2.23. The first kappa shape index (κ1) is 112. The maximum absolute atomic E-state index is 11.3. The molecule has 0 spiro atoms. The van der Waals surface area contributed by atoms with Gasteiger partial charge in [-0.3, -0.25) is 9.59 Å². The van der Waals surface area contributed by atoms with Crippen LogP contribution in [0.4, 0.5) is 16.2 Å². The van der Waals surface area contributed by atoms with Gasteiger partial charge in [0.1, 0.15) is 125 Å². The maximum atomic E-state index is 11.3. The minimum atomic E-state index is -0.708. The van der Waals surface area contributed by atoms with Crippen LogP contribution < -0.4 is 49.1 Å². The summed E-state index contributed by atoms with van der Waals surface area (Å²) in [5.41, 5.74) is 2.65. The number of nitrogens with one attached hydrogen (secondary N) is 3. The quantitative estimate of drug-likeness (QED) is 0.00479. The Morgan fingerprint density at radius 1 is 0.273 bits per heavy atom. The zero-order valence-electron chi connectivity index (χ0n) is 72.0. The Kier molecular flexibility index (Phi) is 54.8. The average molecular weight is 1820 g/mol. The molecule has 36 heteroatoms. The van der Waals surface area contributed by atoms with Crippen molar-refractivity contribution in [1.29, 1.82) is 0 Å². The molecule has 132 heavy (non-hydrogen) atoms. The van der Waals surface area contributed by atoms with Gasteiger partial charge in [-0.1, -0.05) is 59.2 Å². The van der Waals surface area contributed by atoms with Gasteiger partial charge in [0.25, 0.3) is 5.91 Å². The number of ether oxygens (including phenoxy) is 12. The number of phenols is 9. The molecule has 0 aromatic heterocycles. The molecule has 3 amide bonds. The number of rotatable bonds is 31. The molecule has 9 aromatic carbocycles. The molecule has 0 aliphatic rings. The van der Waals surface area contributed by atoms with Crippen LogP contribution in [-0.4, -0.2) is 170 Å². The lowest BCUT2D eigenvalue weighted by Gasteiger charge is -2.07. The van der Waals surface area contributed by atoms with E-state index in [1.165, 1.54) is 183 Å². The molecule has 0 bridgehead atoms. The fourth-order valence-corrected chi connectivity index (χ4v) is 7.57. The second-order valence-corrected chi connectivity index (χ2v) is 25.1. The van der Waals surface area contributed by atoms with Crippen LogP contribution in [0.25, 0.3) is 0 Å². The fourth-order valence-electron chi connectivity index (χ4n) is 7.57. The number of esters is 9. The second kappa shape index (κ2) is 64.6. The van der Waals surface area contributed by atoms with Crippen molar-refractivity contribution in [3.63, 3.8) is 0 Å². The molecule has 0 unspecified atom stereocenters. The zero-order valence-corrected chi connectivity index (χ0v) is 72.0. The summed E-state index contributed by atoms with van der Waals surface area (Å²) in [6.45, 7) is 36.4. The number of benzene rings is 9. The second-order valence-electron chi connectivity index (χ2n) is 25.1. The first-order valence-corrected chi connectivity index (χ1v) is 38.1. The molecule has 36 nitrogen and oxygen atoms in total. The number of anilines is 2. The predicted molar refractivity (Wildman–Crippen MR) is 483 cm³/mol. The number of carbonyl (C=O) groups is 12. The van der Waals surface area contributed by atoms with E-state index in [9.17, 15) is 57.5 Å². The van der Waals surface area contributed by atoms with E-state index in [0.29, 0.717) is 56.8 Å². The first-order valence-electron chi connectivity index (χ1n) is 38.1. The Balaban J connectivity index is 0.000000745. The lowest BCUT2D eigenvalue weighted by molar-refractivity contribution is -0.150. The van der Waals surface area contributed by atoms with E-state index in [0.717, 1.165) is 24.3 Å². The third kappa shape index (κ3) is 55.9. The zero-order chi connectivity index (χ0) is 98.9. The largest absolute Gasteiger partial charge is 0.508 e. The van der Waals surface area contributed by atoms with Crippen LogP contribution in [0.1, 0.15) is 27.7 Å². The Morgan fingerprint density at radius 3 is 0.871 bits per heavy atom. The SMILES string of the molecule is C=C(C)C(=O)Nc1ccc(O)cc1.C=C(C)C(=O)OCC(=O)Oc1ccc(O)cc1.C=C(C)C(=O)OCCOc1ccc(O)cc1.C=C(C)C(=O)Oc1ccc(O)cc1.C=CC(=O)Nc1ccc(O)cc1.C=CC(=O)OCC(=O)Oc1ccc(O)cc1.C=CC(=O)OCCNC(=O)Oc1ccc(O)cc1.C=CC(=O)OCCOc1ccc(O)cc1.C=CC(=O)Oc1ccc(O)cc1. The van der Waals surface area contributed by atoms with E-state index in [1.54, 1.807) is 69.3 Å².